The molecular weight excluding hydrogens is 388 g/mol. The first-order chi connectivity index (χ1) is 9.97. The Morgan fingerprint density at radius 1 is 1.33 bits per heavy atom. The molecule has 2 heterocycles. The van der Waals surface area contributed by atoms with E-state index in [1.54, 1.807) is 19.1 Å². The third kappa shape index (κ3) is 2.37. The molecule has 5 nitrogen and oxygen atoms in total. The van der Waals surface area contributed by atoms with Crippen LogP contribution in [0.1, 0.15) is 16.2 Å². The van der Waals surface area contributed by atoms with Gasteiger partial charge >= 0.3 is 5.97 Å². The van der Waals surface area contributed by atoms with E-state index in [2.05, 4.69) is 32.7 Å². The molecule has 3 aromatic rings. The van der Waals surface area contributed by atoms with E-state index in [0.29, 0.717) is 22.6 Å². The molecule has 7 heteroatoms. The summed E-state index contributed by atoms with van der Waals surface area (Å²) in [6.07, 6.45) is 0. The molecule has 0 bridgehead atoms. The van der Waals surface area contributed by atoms with Gasteiger partial charge in [-0.15, -0.1) is 0 Å². The van der Waals surface area contributed by atoms with Crippen molar-refractivity contribution in [3.8, 4) is 11.3 Å². The minimum Gasteiger partial charge on any atom is -0.477 e. The van der Waals surface area contributed by atoms with Crippen LogP contribution >= 0.6 is 22.6 Å². The number of carboxylic acids is 1. The average Bonchev–Trinajstić information content (AvgIpc) is 2.74. The molecule has 106 valence electrons. The number of aromatic nitrogens is 3. The zero-order valence-electron chi connectivity index (χ0n) is 10.8. The second kappa shape index (κ2) is 5.06. The maximum absolute atomic E-state index is 13.0. The molecule has 1 aromatic carbocycles. The van der Waals surface area contributed by atoms with Crippen LogP contribution in [0.5, 0.6) is 0 Å². The van der Waals surface area contributed by atoms with Crippen LogP contribution in [0.15, 0.2) is 30.3 Å². The van der Waals surface area contributed by atoms with Crippen molar-refractivity contribution in [1.29, 1.82) is 0 Å². The molecule has 0 amide bonds. The minimum absolute atomic E-state index is 0.0188. The molecule has 0 saturated heterocycles. The van der Waals surface area contributed by atoms with Crippen LogP contribution in [-0.2, 0) is 0 Å². The monoisotopic (exact) mass is 397 g/mol. The molecule has 21 heavy (non-hydrogen) atoms. The molecule has 0 aliphatic carbocycles. The summed E-state index contributed by atoms with van der Waals surface area (Å²) in [5.74, 6) is -1.45. The maximum atomic E-state index is 13.0. The molecule has 1 N–H and O–H groups in total. The Kier molecular flexibility index (Phi) is 3.36. The van der Waals surface area contributed by atoms with Crippen molar-refractivity contribution >= 4 is 34.2 Å². The van der Waals surface area contributed by atoms with Gasteiger partial charge in [0.2, 0.25) is 0 Å². The van der Waals surface area contributed by atoms with E-state index in [1.165, 1.54) is 22.7 Å². The third-order valence-electron chi connectivity index (χ3n) is 3.05. The van der Waals surface area contributed by atoms with Crippen molar-refractivity contribution in [1.82, 2.24) is 14.6 Å². The summed E-state index contributed by atoms with van der Waals surface area (Å²) in [7, 11) is 0. The van der Waals surface area contributed by atoms with Gasteiger partial charge in [-0.1, -0.05) is 0 Å². The van der Waals surface area contributed by atoms with Crippen LogP contribution in [0, 0.1) is 16.3 Å². The number of carbonyl (C=O) groups is 1. The first kappa shape index (κ1) is 13.9. The lowest BCUT2D eigenvalue weighted by Crippen LogP contribution is -2.08. The molecule has 3 rings (SSSR count). The number of aryl methyl sites for hydroxylation is 1. The molecule has 0 aliphatic rings. The van der Waals surface area contributed by atoms with Gasteiger partial charge in [0.15, 0.2) is 11.3 Å². The van der Waals surface area contributed by atoms with Crippen LogP contribution in [-0.4, -0.2) is 25.7 Å². The van der Waals surface area contributed by atoms with Crippen molar-refractivity contribution in [3.63, 3.8) is 0 Å². The van der Waals surface area contributed by atoms with Crippen molar-refractivity contribution in [2.24, 2.45) is 0 Å². The fourth-order valence-corrected chi connectivity index (χ4v) is 2.48. The molecule has 0 saturated carbocycles. The SMILES string of the molecule is Cc1nn2c(C(=O)O)cc(-c3ccc(F)cc3)nc2c1I. The Bertz CT molecular complexity index is 859. The minimum atomic E-state index is -1.09. The van der Waals surface area contributed by atoms with E-state index in [4.69, 9.17) is 0 Å². The third-order valence-corrected chi connectivity index (χ3v) is 4.31. The lowest BCUT2D eigenvalue weighted by atomic mass is 10.1. The predicted octanol–water partition coefficient (Wildman–Crippen LogP) is 3.15. The number of nitrogens with zero attached hydrogens (tertiary/aromatic N) is 3. The van der Waals surface area contributed by atoms with Gasteiger partial charge in [0, 0.05) is 5.56 Å². The van der Waals surface area contributed by atoms with Crippen molar-refractivity contribution in [2.75, 3.05) is 0 Å². The maximum Gasteiger partial charge on any atom is 0.354 e. The molecule has 0 radical (unpaired) electrons. The van der Waals surface area contributed by atoms with Gasteiger partial charge in [-0.25, -0.2) is 18.7 Å². The smallest absolute Gasteiger partial charge is 0.354 e. The summed E-state index contributed by atoms with van der Waals surface area (Å²) in [6, 6.07) is 7.19. The molecule has 0 atom stereocenters. The number of aromatic carboxylic acids is 1. The Morgan fingerprint density at radius 3 is 2.62 bits per heavy atom. The van der Waals surface area contributed by atoms with Gasteiger partial charge in [-0.05, 0) is 59.8 Å². The lowest BCUT2D eigenvalue weighted by molar-refractivity contribution is 0.0687. The second-order valence-corrected chi connectivity index (χ2v) is 5.55. The van der Waals surface area contributed by atoms with E-state index < -0.39 is 5.97 Å². The van der Waals surface area contributed by atoms with Gasteiger partial charge in [0.25, 0.3) is 0 Å². The van der Waals surface area contributed by atoms with Gasteiger partial charge in [-0.2, -0.15) is 5.10 Å². The highest BCUT2D eigenvalue weighted by Gasteiger charge is 2.17. The fourth-order valence-electron chi connectivity index (χ4n) is 2.02. The molecule has 2 aromatic heterocycles. The Labute approximate surface area is 132 Å². The van der Waals surface area contributed by atoms with Crippen LogP contribution in [0.25, 0.3) is 16.9 Å². The summed E-state index contributed by atoms with van der Waals surface area (Å²) in [5.41, 5.74) is 2.33. The van der Waals surface area contributed by atoms with Crippen LogP contribution in [0.2, 0.25) is 0 Å². The summed E-state index contributed by atoms with van der Waals surface area (Å²) < 4.78 is 15.1. The standard InChI is InChI=1S/C14H9FIN3O2/c1-7-12(16)13-17-10(8-2-4-9(15)5-3-8)6-11(14(20)21)19(13)18-7/h2-6H,1H3,(H,20,21). The normalized spacial score (nSPS) is 11.0. The summed E-state index contributed by atoms with van der Waals surface area (Å²) in [5, 5.41) is 13.5. The Balaban J connectivity index is 2.31. The van der Waals surface area contributed by atoms with E-state index in [9.17, 15) is 14.3 Å². The number of hydrogen-bond acceptors (Lipinski definition) is 3. The van der Waals surface area contributed by atoms with Crippen molar-refractivity contribution < 1.29 is 14.3 Å². The second-order valence-electron chi connectivity index (χ2n) is 4.47. The topological polar surface area (TPSA) is 67.5 Å². The lowest BCUT2D eigenvalue weighted by Gasteiger charge is -2.05. The first-order valence-electron chi connectivity index (χ1n) is 6.02. The molecule has 0 spiro atoms. The number of carboxylic acid groups (broad SMARTS) is 1. The van der Waals surface area contributed by atoms with E-state index in [0.717, 1.165) is 3.57 Å². The number of halogens is 2. The summed E-state index contributed by atoms with van der Waals surface area (Å²) in [6.45, 7) is 1.79. The number of benzene rings is 1. The average molecular weight is 397 g/mol. The van der Waals surface area contributed by atoms with Crippen LogP contribution in [0.3, 0.4) is 0 Å². The van der Waals surface area contributed by atoms with E-state index in [1.807, 2.05) is 0 Å². The summed E-state index contributed by atoms with van der Waals surface area (Å²) in [4.78, 5) is 15.9. The molecule has 0 fully saturated rings. The molecule has 0 unspecified atom stereocenters. The Hall–Kier alpha value is -2.03. The van der Waals surface area contributed by atoms with Crippen molar-refractivity contribution in [3.05, 3.63) is 51.1 Å². The zero-order chi connectivity index (χ0) is 15.1. The number of hydrogen-bond donors (Lipinski definition) is 1. The highest BCUT2D eigenvalue weighted by atomic mass is 127. The van der Waals surface area contributed by atoms with Crippen LogP contribution in [0.4, 0.5) is 4.39 Å². The van der Waals surface area contributed by atoms with E-state index in [-0.39, 0.29) is 11.5 Å². The first-order valence-corrected chi connectivity index (χ1v) is 7.10. The molecule has 0 aliphatic heterocycles. The van der Waals surface area contributed by atoms with Gasteiger partial charge in [-0.3, -0.25) is 0 Å². The van der Waals surface area contributed by atoms with Gasteiger partial charge in [0.05, 0.1) is 15.0 Å². The molecular formula is C14H9FIN3O2. The van der Waals surface area contributed by atoms with Gasteiger partial charge in [0.1, 0.15) is 5.82 Å². The highest BCUT2D eigenvalue weighted by Crippen LogP contribution is 2.24. The predicted molar refractivity (Wildman–Crippen MR) is 82.8 cm³/mol. The fraction of sp³-hybridized carbons (Fsp3) is 0.0714. The summed E-state index contributed by atoms with van der Waals surface area (Å²) >= 11 is 2.08. The van der Waals surface area contributed by atoms with Gasteiger partial charge < -0.3 is 5.11 Å². The Morgan fingerprint density at radius 2 is 2.00 bits per heavy atom. The van der Waals surface area contributed by atoms with E-state index >= 15 is 0 Å². The van der Waals surface area contributed by atoms with Crippen LogP contribution < -0.4 is 0 Å². The highest BCUT2D eigenvalue weighted by molar-refractivity contribution is 14.1. The zero-order valence-corrected chi connectivity index (χ0v) is 13.0. The van der Waals surface area contributed by atoms with Crippen molar-refractivity contribution in [2.45, 2.75) is 6.92 Å². The quantitative estimate of drug-likeness (QED) is 0.675. The number of rotatable bonds is 2. The largest absolute Gasteiger partial charge is 0.477 e. The number of fused-ring (bicyclic) bond motifs is 1.